The maximum Gasteiger partial charge on any atom is 0.525 e. The summed E-state index contributed by atoms with van der Waals surface area (Å²) < 4.78 is 61.1. The molecule has 6 nitrogen and oxygen atoms in total. The molecule has 0 radical (unpaired) electrons. The molecule has 10 heteroatoms. The summed E-state index contributed by atoms with van der Waals surface area (Å²) in [7, 11) is -6.06. The molecule has 0 aromatic carbocycles. The molecule has 3 unspecified atom stereocenters. The van der Waals surface area contributed by atoms with Gasteiger partial charge < -0.3 is 0 Å². The second kappa shape index (κ2) is 4.71. The second-order valence-electron chi connectivity index (χ2n) is 4.92. The van der Waals surface area contributed by atoms with Crippen LogP contribution in [-0.2, 0) is 19.2 Å². The lowest BCUT2D eigenvalue weighted by Gasteiger charge is -2.26. The van der Waals surface area contributed by atoms with Crippen LogP contribution in [-0.4, -0.2) is 30.3 Å². The van der Waals surface area contributed by atoms with Gasteiger partial charge in [-0.3, -0.25) is 10.0 Å². The number of carbonyl (C=O) groups excluding carboxylic acids is 1. The third kappa shape index (κ3) is 2.42. The molecule has 4 atom stereocenters. The molecule has 0 heterocycles. The quantitative estimate of drug-likeness (QED) is 0.369. The second-order valence-corrected chi connectivity index (χ2v) is 6.44. The SMILES string of the molecule is CC1C2C=C[C@H](C2)C1C(=O)N(O)OS(=O)(=O)C(F)(F)F. The van der Waals surface area contributed by atoms with Gasteiger partial charge in [-0.15, -0.1) is 4.28 Å². The lowest BCUT2D eigenvalue weighted by Crippen LogP contribution is -2.42. The minimum Gasteiger partial charge on any atom is -0.270 e. The van der Waals surface area contributed by atoms with Gasteiger partial charge in [0.1, 0.15) is 0 Å². The van der Waals surface area contributed by atoms with Crippen LogP contribution in [0.1, 0.15) is 13.3 Å². The van der Waals surface area contributed by atoms with Crippen molar-refractivity contribution >= 4 is 16.0 Å². The zero-order valence-electron chi connectivity index (χ0n) is 10.2. The fourth-order valence-electron chi connectivity index (χ4n) is 2.78. The largest absolute Gasteiger partial charge is 0.525 e. The Balaban J connectivity index is 2.09. The number of fused-ring (bicyclic) bond motifs is 2. The van der Waals surface area contributed by atoms with Crippen molar-refractivity contribution in [1.29, 1.82) is 0 Å². The Kier molecular flexibility index (Phi) is 3.59. The van der Waals surface area contributed by atoms with Crippen LogP contribution >= 0.6 is 0 Å². The lowest BCUT2D eigenvalue weighted by atomic mass is 9.84. The van der Waals surface area contributed by atoms with Gasteiger partial charge >= 0.3 is 15.6 Å². The van der Waals surface area contributed by atoms with Crippen LogP contribution in [0.3, 0.4) is 0 Å². The van der Waals surface area contributed by atoms with Gasteiger partial charge in [0.25, 0.3) is 5.91 Å². The fraction of sp³-hybridized carbons (Fsp3) is 0.700. The number of alkyl halides is 3. The van der Waals surface area contributed by atoms with Crippen LogP contribution in [0.5, 0.6) is 0 Å². The van der Waals surface area contributed by atoms with E-state index in [4.69, 9.17) is 0 Å². The monoisotopic (exact) mass is 315 g/mol. The van der Waals surface area contributed by atoms with E-state index in [0.717, 1.165) is 0 Å². The van der Waals surface area contributed by atoms with Crippen molar-refractivity contribution in [2.45, 2.75) is 18.9 Å². The molecule has 0 aromatic rings. The molecule has 2 aliphatic rings. The molecule has 1 amide bonds. The zero-order valence-corrected chi connectivity index (χ0v) is 11.1. The maximum atomic E-state index is 12.1. The predicted molar refractivity (Wildman–Crippen MR) is 58.1 cm³/mol. The summed E-state index contributed by atoms with van der Waals surface area (Å²) in [5.41, 5.74) is -5.71. The van der Waals surface area contributed by atoms with E-state index in [1.807, 2.05) is 6.08 Å². The van der Waals surface area contributed by atoms with E-state index in [9.17, 15) is 31.6 Å². The van der Waals surface area contributed by atoms with E-state index in [1.54, 1.807) is 13.0 Å². The number of hydrogen-bond acceptors (Lipinski definition) is 5. The number of carbonyl (C=O) groups is 1. The van der Waals surface area contributed by atoms with Crippen molar-refractivity contribution in [3.63, 3.8) is 0 Å². The average molecular weight is 315 g/mol. The van der Waals surface area contributed by atoms with Crippen molar-refractivity contribution in [2.75, 3.05) is 0 Å². The average Bonchev–Trinajstić information content (AvgIpc) is 2.86. The van der Waals surface area contributed by atoms with Crippen molar-refractivity contribution in [3.8, 4) is 0 Å². The van der Waals surface area contributed by atoms with Gasteiger partial charge in [0.05, 0.1) is 5.92 Å². The smallest absolute Gasteiger partial charge is 0.270 e. The fourth-order valence-corrected chi connectivity index (χ4v) is 3.12. The minimum atomic E-state index is -6.06. The molecule has 0 spiro atoms. The first-order valence-corrected chi connectivity index (χ1v) is 7.17. The summed E-state index contributed by atoms with van der Waals surface area (Å²) >= 11 is 0. The summed E-state index contributed by atoms with van der Waals surface area (Å²) in [5.74, 6) is -2.32. The van der Waals surface area contributed by atoms with Crippen LogP contribution in [0.15, 0.2) is 12.2 Å². The normalized spacial score (nSPS) is 32.6. The molecule has 1 N–H and O–H groups in total. The molecule has 0 aliphatic heterocycles. The predicted octanol–water partition coefficient (Wildman–Crippen LogP) is 1.44. The van der Waals surface area contributed by atoms with Crippen LogP contribution in [0.2, 0.25) is 0 Å². The van der Waals surface area contributed by atoms with E-state index in [0.29, 0.717) is 6.42 Å². The van der Waals surface area contributed by atoms with E-state index in [2.05, 4.69) is 4.28 Å². The minimum absolute atomic E-state index is 0.0987. The van der Waals surface area contributed by atoms with Crippen molar-refractivity contribution < 1.29 is 35.9 Å². The summed E-state index contributed by atoms with van der Waals surface area (Å²) in [5, 5.41) is 8.36. The Morgan fingerprint density at radius 2 is 1.90 bits per heavy atom. The van der Waals surface area contributed by atoms with E-state index >= 15 is 0 Å². The van der Waals surface area contributed by atoms with Crippen molar-refractivity contribution in [2.24, 2.45) is 23.7 Å². The molecule has 114 valence electrons. The van der Waals surface area contributed by atoms with Gasteiger partial charge in [0, 0.05) is 0 Å². The third-order valence-corrected chi connectivity index (χ3v) is 4.68. The topological polar surface area (TPSA) is 83.9 Å². The molecular weight excluding hydrogens is 303 g/mol. The highest BCUT2D eigenvalue weighted by molar-refractivity contribution is 7.87. The number of hydrogen-bond donors (Lipinski definition) is 1. The molecule has 2 rings (SSSR count). The molecule has 1 saturated carbocycles. The van der Waals surface area contributed by atoms with Crippen molar-refractivity contribution in [3.05, 3.63) is 12.2 Å². The first kappa shape index (κ1) is 15.3. The summed E-state index contributed by atoms with van der Waals surface area (Å²) in [6, 6.07) is 0. The van der Waals surface area contributed by atoms with E-state index < -0.39 is 32.7 Å². The lowest BCUT2D eigenvalue weighted by molar-refractivity contribution is -0.272. The van der Waals surface area contributed by atoms with Gasteiger partial charge in [-0.2, -0.15) is 21.6 Å². The first-order valence-electron chi connectivity index (χ1n) is 5.76. The van der Waals surface area contributed by atoms with E-state index in [1.165, 1.54) is 0 Å². The number of halogens is 3. The molecule has 0 saturated heterocycles. The van der Waals surface area contributed by atoms with Gasteiger partial charge in [-0.1, -0.05) is 24.3 Å². The van der Waals surface area contributed by atoms with Crippen LogP contribution in [0.25, 0.3) is 0 Å². The molecule has 2 aliphatic carbocycles. The number of nitrogens with zero attached hydrogens (tertiary/aromatic N) is 1. The zero-order chi connectivity index (χ0) is 15.3. The number of rotatable bonds is 3. The Hall–Kier alpha value is -1.13. The molecule has 0 aromatic heterocycles. The van der Waals surface area contributed by atoms with Crippen molar-refractivity contribution in [1.82, 2.24) is 5.23 Å². The number of amides is 1. The highest BCUT2D eigenvalue weighted by Gasteiger charge is 2.52. The number of allylic oxidation sites excluding steroid dienone is 2. The van der Waals surface area contributed by atoms with Gasteiger partial charge in [0.15, 0.2) is 0 Å². The molecular formula is C10H12F3NO5S. The standard InChI is InChI=1S/C10H12F3NO5S/c1-5-6-2-3-7(4-6)8(5)9(15)14(16)19-20(17,18)10(11,12)13/h2-3,5-8,16H,4H2,1H3/t5?,6?,7-,8?/m1/s1. The molecule has 2 bridgehead atoms. The summed E-state index contributed by atoms with van der Waals surface area (Å²) in [4.78, 5) is 11.8. The molecule has 1 fully saturated rings. The highest BCUT2D eigenvalue weighted by atomic mass is 32.2. The summed E-state index contributed by atoms with van der Waals surface area (Å²) in [6.45, 7) is 1.71. The number of hydroxylamine groups is 2. The highest BCUT2D eigenvalue weighted by Crippen LogP contribution is 2.48. The Bertz CT molecular complexity index is 544. The Labute approximate surface area is 112 Å². The van der Waals surface area contributed by atoms with Gasteiger partial charge in [-0.25, -0.2) is 0 Å². The van der Waals surface area contributed by atoms with Gasteiger partial charge in [-0.05, 0) is 24.2 Å². The molecule has 20 heavy (non-hydrogen) atoms. The van der Waals surface area contributed by atoms with Crippen LogP contribution < -0.4 is 0 Å². The Morgan fingerprint density at radius 3 is 2.35 bits per heavy atom. The Morgan fingerprint density at radius 1 is 1.35 bits per heavy atom. The van der Waals surface area contributed by atoms with Crippen LogP contribution in [0.4, 0.5) is 13.2 Å². The first-order chi connectivity index (χ1) is 9.04. The third-order valence-electron chi connectivity index (χ3n) is 3.78. The maximum absolute atomic E-state index is 12.1. The van der Waals surface area contributed by atoms with Gasteiger partial charge in [0.2, 0.25) is 0 Å². The summed E-state index contributed by atoms with van der Waals surface area (Å²) in [6.07, 6.45) is 4.28. The van der Waals surface area contributed by atoms with Crippen LogP contribution in [0, 0.1) is 23.7 Å². The van der Waals surface area contributed by atoms with E-state index in [-0.39, 0.29) is 17.8 Å².